The molecule has 1 heteroatoms. The summed E-state index contributed by atoms with van der Waals surface area (Å²) in [5, 5.41) is 0. The lowest BCUT2D eigenvalue weighted by Crippen LogP contribution is -1.97. The molecule has 0 atom stereocenters. The minimum atomic E-state index is 0.820. The molecular weight excluding hydrogens is 290 g/mol. The fourth-order valence-electron chi connectivity index (χ4n) is 2.85. The quantitative estimate of drug-likeness (QED) is 0.627. The van der Waals surface area contributed by atoms with Crippen LogP contribution in [0.2, 0.25) is 0 Å². The van der Waals surface area contributed by atoms with Crippen LogP contribution in [0.15, 0.2) is 78.9 Å². The van der Waals surface area contributed by atoms with Crippen molar-refractivity contribution >= 4 is 11.3 Å². The van der Waals surface area contributed by atoms with E-state index in [2.05, 4.69) is 80.6 Å². The molecule has 0 saturated heterocycles. The summed E-state index contributed by atoms with van der Waals surface area (Å²) in [4.78, 5) is 0. The molecular formula is C23H23N. The highest BCUT2D eigenvalue weighted by molar-refractivity contribution is 5.86. The highest BCUT2D eigenvalue weighted by Crippen LogP contribution is 2.29. The van der Waals surface area contributed by atoms with Crippen LogP contribution in [-0.4, -0.2) is 0 Å². The van der Waals surface area contributed by atoms with Gasteiger partial charge >= 0.3 is 0 Å². The molecule has 0 aliphatic rings. The lowest BCUT2D eigenvalue weighted by Gasteiger charge is -2.13. The number of benzene rings is 3. The molecule has 24 heavy (non-hydrogen) atoms. The van der Waals surface area contributed by atoms with Gasteiger partial charge in [0.1, 0.15) is 0 Å². The first-order valence-electron chi connectivity index (χ1n) is 8.31. The topological polar surface area (TPSA) is 26.0 Å². The zero-order valence-corrected chi connectivity index (χ0v) is 14.3. The number of rotatable bonds is 4. The van der Waals surface area contributed by atoms with Crippen LogP contribution >= 0.6 is 0 Å². The summed E-state index contributed by atoms with van der Waals surface area (Å²) in [5.41, 5.74) is 14.4. The Hall–Kier alpha value is -2.80. The first kappa shape index (κ1) is 16.1. The standard InChI is InChI=1S/C23H23N/c1-17-8-12-20(13-9-17)21(14-11-19-6-4-3-5-7-19)22-16-18(2)10-15-23(22)24/h3-10,12-16H,11,24H2,1-2H3/b21-14+. The van der Waals surface area contributed by atoms with E-state index < -0.39 is 0 Å². The summed E-state index contributed by atoms with van der Waals surface area (Å²) in [5.74, 6) is 0. The molecule has 0 aromatic heterocycles. The minimum absolute atomic E-state index is 0.820. The molecule has 0 bridgehead atoms. The summed E-state index contributed by atoms with van der Waals surface area (Å²) in [6, 6.07) is 25.4. The molecule has 0 unspecified atom stereocenters. The Morgan fingerprint density at radius 2 is 1.50 bits per heavy atom. The third-order valence-corrected chi connectivity index (χ3v) is 4.25. The number of nitrogens with two attached hydrogens (primary N) is 1. The molecule has 0 heterocycles. The van der Waals surface area contributed by atoms with Crippen LogP contribution in [0.25, 0.3) is 5.57 Å². The first-order chi connectivity index (χ1) is 11.6. The number of hydrogen-bond donors (Lipinski definition) is 1. The van der Waals surface area contributed by atoms with Gasteiger partial charge in [-0.2, -0.15) is 0 Å². The van der Waals surface area contributed by atoms with Gasteiger partial charge in [0.05, 0.1) is 0 Å². The molecule has 0 aliphatic heterocycles. The van der Waals surface area contributed by atoms with E-state index in [1.807, 2.05) is 12.1 Å². The van der Waals surface area contributed by atoms with Gasteiger partial charge in [0.15, 0.2) is 0 Å². The van der Waals surface area contributed by atoms with Gasteiger partial charge in [-0.15, -0.1) is 0 Å². The predicted molar refractivity (Wildman–Crippen MR) is 104 cm³/mol. The van der Waals surface area contributed by atoms with Gasteiger partial charge in [0.25, 0.3) is 0 Å². The molecule has 0 fully saturated rings. The molecule has 3 rings (SSSR count). The summed E-state index contributed by atoms with van der Waals surface area (Å²) in [7, 11) is 0. The Balaban J connectivity index is 2.06. The second kappa shape index (κ2) is 7.18. The van der Waals surface area contributed by atoms with Crippen LogP contribution in [0.1, 0.15) is 27.8 Å². The molecule has 0 radical (unpaired) electrons. The lowest BCUT2D eigenvalue weighted by atomic mass is 9.93. The number of nitrogen functional groups attached to an aromatic ring is 1. The molecule has 0 aliphatic carbocycles. The van der Waals surface area contributed by atoms with Gasteiger partial charge in [0.2, 0.25) is 0 Å². The average Bonchev–Trinajstić information content (AvgIpc) is 2.60. The smallest absolute Gasteiger partial charge is 0.0394 e. The van der Waals surface area contributed by atoms with Crippen LogP contribution in [0.5, 0.6) is 0 Å². The third kappa shape index (κ3) is 3.75. The van der Waals surface area contributed by atoms with E-state index in [0.29, 0.717) is 0 Å². The van der Waals surface area contributed by atoms with Gasteiger partial charge < -0.3 is 5.73 Å². The fraction of sp³-hybridized carbons (Fsp3) is 0.130. The molecule has 3 aromatic rings. The molecule has 1 nitrogen and oxygen atoms in total. The van der Waals surface area contributed by atoms with Crippen molar-refractivity contribution in [3.05, 3.63) is 107 Å². The van der Waals surface area contributed by atoms with Crippen LogP contribution in [0.3, 0.4) is 0 Å². The van der Waals surface area contributed by atoms with E-state index in [9.17, 15) is 0 Å². The van der Waals surface area contributed by atoms with E-state index in [1.54, 1.807) is 0 Å². The SMILES string of the molecule is Cc1ccc(/C(=C\Cc2ccccc2)c2cc(C)ccc2N)cc1. The summed E-state index contributed by atoms with van der Waals surface area (Å²) in [6.45, 7) is 4.21. The number of anilines is 1. The summed E-state index contributed by atoms with van der Waals surface area (Å²) < 4.78 is 0. The van der Waals surface area contributed by atoms with Gasteiger partial charge in [-0.25, -0.2) is 0 Å². The summed E-state index contributed by atoms with van der Waals surface area (Å²) >= 11 is 0. The third-order valence-electron chi connectivity index (χ3n) is 4.25. The Kier molecular flexibility index (Phi) is 4.81. The van der Waals surface area contributed by atoms with Crippen molar-refractivity contribution in [3.8, 4) is 0 Å². The van der Waals surface area contributed by atoms with Crippen molar-refractivity contribution in [1.82, 2.24) is 0 Å². The van der Waals surface area contributed by atoms with Gasteiger partial charge in [-0.1, -0.05) is 77.9 Å². The zero-order chi connectivity index (χ0) is 16.9. The highest BCUT2D eigenvalue weighted by Gasteiger charge is 2.09. The maximum Gasteiger partial charge on any atom is 0.0394 e. The maximum absolute atomic E-state index is 6.29. The minimum Gasteiger partial charge on any atom is -0.398 e. The fourth-order valence-corrected chi connectivity index (χ4v) is 2.85. The number of aryl methyl sites for hydroxylation is 2. The average molecular weight is 313 g/mol. The van der Waals surface area contributed by atoms with Gasteiger partial charge in [-0.3, -0.25) is 0 Å². The Labute approximate surface area is 144 Å². The number of hydrogen-bond acceptors (Lipinski definition) is 1. The molecule has 0 amide bonds. The van der Waals surface area contributed by atoms with Crippen molar-refractivity contribution in [2.24, 2.45) is 0 Å². The van der Waals surface area contributed by atoms with E-state index in [-0.39, 0.29) is 0 Å². The van der Waals surface area contributed by atoms with Gasteiger partial charge in [-0.05, 0) is 49.1 Å². The van der Waals surface area contributed by atoms with Crippen LogP contribution in [-0.2, 0) is 6.42 Å². The van der Waals surface area contributed by atoms with Crippen LogP contribution < -0.4 is 5.73 Å². The molecule has 120 valence electrons. The normalized spacial score (nSPS) is 11.5. The van der Waals surface area contributed by atoms with Crippen LogP contribution in [0.4, 0.5) is 5.69 Å². The van der Waals surface area contributed by atoms with Crippen molar-refractivity contribution in [1.29, 1.82) is 0 Å². The first-order valence-corrected chi connectivity index (χ1v) is 8.31. The molecule has 3 aromatic carbocycles. The molecule has 2 N–H and O–H groups in total. The highest BCUT2D eigenvalue weighted by atomic mass is 14.6. The molecule has 0 saturated carbocycles. The van der Waals surface area contributed by atoms with Crippen molar-refractivity contribution in [3.63, 3.8) is 0 Å². The Morgan fingerprint density at radius 3 is 2.21 bits per heavy atom. The second-order valence-electron chi connectivity index (χ2n) is 6.26. The Bertz CT molecular complexity index is 843. The zero-order valence-electron chi connectivity index (χ0n) is 14.3. The van der Waals surface area contributed by atoms with E-state index in [4.69, 9.17) is 5.73 Å². The Morgan fingerprint density at radius 1 is 0.833 bits per heavy atom. The predicted octanol–water partition coefficient (Wildman–Crippen LogP) is 5.56. The van der Waals surface area contributed by atoms with E-state index in [1.165, 1.54) is 27.8 Å². The number of allylic oxidation sites excluding steroid dienone is 1. The second-order valence-corrected chi connectivity index (χ2v) is 6.26. The van der Waals surface area contributed by atoms with Crippen molar-refractivity contribution in [2.75, 3.05) is 5.73 Å². The maximum atomic E-state index is 6.29. The van der Waals surface area contributed by atoms with E-state index >= 15 is 0 Å². The van der Waals surface area contributed by atoms with E-state index in [0.717, 1.165) is 17.7 Å². The van der Waals surface area contributed by atoms with Gasteiger partial charge in [0, 0.05) is 11.3 Å². The summed E-state index contributed by atoms with van der Waals surface area (Å²) in [6.07, 6.45) is 3.17. The van der Waals surface area contributed by atoms with Crippen molar-refractivity contribution in [2.45, 2.75) is 20.3 Å². The van der Waals surface area contributed by atoms with Crippen LogP contribution in [0, 0.1) is 13.8 Å². The largest absolute Gasteiger partial charge is 0.398 e. The van der Waals surface area contributed by atoms with Crippen molar-refractivity contribution < 1.29 is 0 Å². The lowest BCUT2D eigenvalue weighted by molar-refractivity contribution is 1.27. The monoisotopic (exact) mass is 313 g/mol. The molecule has 0 spiro atoms.